The van der Waals surface area contributed by atoms with E-state index in [9.17, 15) is 9.59 Å². The maximum atomic E-state index is 12.6. The molecule has 1 aliphatic heterocycles. The minimum absolute atomic E-state index is 0.342. The zero-order chi connectivity index (χ0) is 20.0. The van der Waals surface area contributed by atoms with E-state index in [4.69, 9.17) is 15.2 Å². The van der Waals surface area contributed by atoms with Gasteiger partial charge in [0, 0.05) is 44.1 Å². The Labute approximate surface area is 157 Å². The summed E-state index contributed by atoms with van der Waals surface area (Å²) in [5.41, 5.74) is 5.08. The van der Waals surface area contributed by atoms with Crippen LogP contribution in [0.15, 0.2) is 11.8 Å². The molecular weight excluding hydrogens is 334 g/mol. The van der Waals surface area contributed by atoms with Gasteiger partial charge in [0.25, 0.3) is 5.91 Å². The maximum Gasteiger partial charge on any atom is 0.252 e. The van der Waals surface area contributed by atoms with Crippen molar-refractivity contribution in [2.75, 3.05) is 40.5 Å². The molecule has 1 aliphatic rings. The molecule has 0 saturated carbocycles. The number of imide groups is 1. The van der Waals surface area contributed by atoms with Gasteiger partial charge >= 0.3 is 0 Å². The molecule has 0 unspecified atom stereocenters. The van der Waals surface area contributed by atoms with Crippen LogP contribution in [0.4, 0.5) is 0 Å². The van der Waals surface area contributed by atoms with E-state index in [0.29, 0.717) is 18.2 Å². The highest BCUT2D eigenvalue weighted by Crippen LogP contribution is 2.23. The van der Waals surface area contributed by atoms with Gasteiger partial charge in [-0.05, 0) is 39.7 Å². The van der Waals surface area contributed by atoms with Crippen molar-refractivity contribution in [2.45, 2.75) is 46.1 Å². The Morgan fingerprint density at radius 1 is 1.27 bits per heavy atom. The highest BCUT2D eigenvalue weighted by molar-refractivity contribution is 6.04. The third-order valence-electron chi connectivity index (χ3n) is 5.19. The lowest BCUT2D eigenvalue weighted by atomic mass is 9.90. The molecule has 1 fully saturated rings. The number of ether oxygens (including phenoxy) is 2. The van der Waals surface area contributed by atoms with Crippen molar-refractivity contribution in [3.8, 4) is 0 Å². The van der Waals surface area contributed by atoms with Crippen LogP contribution in [-0.2, 0) is 19.1 Å². The molecular formula is C19H35N3O4. The molecule has 0 aromatic carbocycles. The Balaban J connectivity index is 2.67. The van der Waals surface area contributed by atoms with Gasteiger partial charge in [0.15, 0.2) is 0 Å². The second kappa shape index (κ2) is 9.48. The van der Waals surface area contributed by atoms with Gasteiger partial charge in [0.05, 0.1) is 12.1 Å². The smallest absolute Gasteiger partial charge is 0.252 e. The lowest BCUT2D eigenvalue weighted by Crippen LogP contribution is -2.55. The predicted octanol–water partition coefficient (Wildman–Crippen LogP) is 1.28. The SMILES string of the molecule is COCC(C)(C)C(N)=CC(=O)NC(=O)C(C)(C)N(C)CC1CCOCC1. The van der Waals surface area contributed by atoms with Gasteiger partial charge < -0.3 is 15.2 Å². The number of nitrogens with zero attached hydrogens (tertiary/aromatic N) is 1. The first-order valence-electron chi connectivity index (χ1n) is 9.11. The number of nitrogens with one attached hydrogen (secondary N) is 1. The molecule has 1 rings (SSSR count). The lowest BCUT2D eigenvalue weighted by molar-refractivity contribution is -0.135. The van der Waals surface area contributed by atoms with Crippen LogP contribution in [0.2, 0.25) is 0 Å². The van der Waals surface area contributed by atoms with Crippen LogP contribution < -0.4 is 11.1 Å². The largest absolute Gasteiger partial charge is 0.401 e. The molecule has 0 aromatic rings. The van der Waals surface area contributed by atoms with Gasteiger partial charge in [-0.2, -0.15) is 0 Å². The molecule has 1 saturated heterocycles. The molecule has 150 valence electrons. The minimum atomic E-state index is -0.807. The summed E-state index contributed by atoms with van der Waals surface area (Å²) in [5, 5.41) is 2.44. The van der Waals surface area contributed by atoms with Crippen molar-refractivity contribution >= 4 is 11.8 Å². The molecule has 2 amide bonds. The van der Waals surface area contributed by atoms with Crippen LogP contribution in [-0.4, -0.2) is 62.8 Å². The number of methoxy groups -OCH3 is 1. The number of rotatable bonds is 8. The molecule has 26 heavy (non-hydrogen) atoms. The van der Waals surface area contributed by atoms with E-state index < -0.39 is 16.9 Å². The van der Waals surface area contributed by atoms with Gasteiger partial charge in [-0.15, -0.1) is 0 Å². The molecule has 0 aliphatic carbocycles. The van der Waals surface area contributed by atoms with Crippen molar-refractivity contribution in [1.29, 1.82) is 0 Å². The van der Waals surface area contributed by atoms with Crippen LogP contribution >= 0.6 is 0 Å². The summed E-state index contributed by atoms with van der Waals surface area (Å²) in [4.78, 5) is 26.8. The van der Waals surface area contributed by atoms with Gasteiger partial charge in [-0.3, -0.25) is 19.8 Å². The summed E-state index contributed by atoms with van der Waals surface area (Å²) in [6.07, 6.45) is 3.26. The number of carbonyl (C=O) groups is 2. The number of nitrogens with two attached hydrogens (primary N) is 1. The second-order valence-corrected chi connectivity index (χ2v) is 8.23. The zero-order valence-electron chi connectivity index (χ0n) is 17.1. The van der Waals surface area contributed by atoms with Crippen molar-refractivity contribution in [2.24, 2.45) is 17.1 Å². The van der Waals surface area contributed by atoms with E-state index in [0.717, 1.165) is 32.6 Å². The molecule has 7 heteroatoms. The third-order valence-corrected chi connectivity index (χ3v) is 5.19. The van der Waals surface area contributed by atoms with E-state index in [-0.39, 0.29) is 5.91 Å². The minimum Gasteiger partial charge on any atom is -0.401 e. The normalized spacial score (nSPS) is 17.4. The van der Waals surface area contributed by atoms with E-state index >= 15 is 0 Å². The fourth-order valence-corrected chi connectivity index (χ4v) is 2.80. The summed E-state index contributed by atoms with van der Waals surface area (Å²) < 4.78 is 10.5. The Kier molecular flexibility index (Phi) is 8.24. The molecule has 3 N–H and O–H groups in total. The molecule has 0 bridgehead atoms. The molecule has 0 atom stereocenters. The topological polar surface area (TPSA) is 93.9 Å². The Morgan fingerprint density at radius 3 is 2.38 bits per heavy atom. The average Bonchev–Trinajstić information content (AvgIpc) is 2.55. The van der Waals surface area contributed by atoms with Crippen LogP contribution in [0.3, 0.4) is 0 Å². The summed E-state index contributed by atoms with van der Waals surface area (Å²) >= 11 is 0. The highest BCUT2D eigenvalue weighted by atomic mass is 16.5. The first-order valence-corrected chi connectivity index (χ1v) is 9.11. The molecule has 0 aromatic heterocycles. The van der Waals surface area contributed by atoms with Crippen LogP contribution in [0.25, 0.3) is 0 Å². The van der Waals surface area contributed by atoms with E-state index in [1.165, 1.54) is 6.08 Å². The van der Waals surface area contributed by atoms with Gasteiger partial charge in [0.2, 0.25) is 5.91 Å². The van der Waals surface area contributed by atoms with E-state index in [1.807, 2.05) is 39.6 Å². The Bertz CT molecular complexity index is 523. The number of hydrogen-bond donors (Lipinski definition) is 2. The first-order chi connectivity index (χ1) is 12.0. The number of carbonyl (C=O) groups excluding carboxylic acids is 2. The maximum absolute atomic E-state index is 12.6. The molecule has 0 spiro atoms. The molecule has 0 radical (unpaired) electrons. The van der Waals surface area contributed by atoms with Crippen LogP contribution in [0, 0.1) is 11.3 Å². The quantitative estimate of drug-likeness (QED) is 0.626. The fraction of sp³-hybridized carbons (Fsp3) is 0.789. The summed E-state index contributed by atoms with van der Waals surface area (Å²) in [7, 11) is 3.49. The summed E-state index contributed by atoms with van der Waals surface area (Å²) in [6, 6.07) is 0. The molecule has 7 nitrogen and oxygen atoms in total. The molecule has 1 heterocycles. The zero-order valence-corrected chi connectivity index (χ0v) is 17.1. The monoisotopic (exact) mass is 369 g/mol. The lowest BCUT2D eigenvalue weighted by Gasteiger charge is -2.37. The van der Waals surface area contributed by atoms with E-state index in [1.54, 1.807) is 7.11 Å². The summed E-state index contributed by atoms with van der Waals surface area (Å²) in [5.74, 6) is -0.350. The van der Waals surface area contributed by atoms with Crippen molar-refractivity contribution in [3.63, 3.8) is 0 Å². The van der Waals surface area contributed by atoms with Crippen molar-refractivity contribution in [1.82, 2.24) is 10.2 Å². The fourth-order valence-electron chi connectivity index (χ4n) is 2.80. The third kappa shape index (κ3) is 6.37. The number of likely N-dealkylation sites (N-methyl/N-ethyl adjacent to an activating group) is 1. The van der Waals surface area contributed by atoms with Crippen LogP contribution in [0.5, 0.6) is 0 Å². The van der Waals surface area contributed by atoms with Crippen molar-refractivity contribution in [3.05, 3.63) is 11.8 Å². The number of hydrogen-bond acceptors (Lipinski definition) is 6. The standard InChI is InChI=1S/C19H35N3O4/c1-18(2,13-25-6)15(20)11-16(23)21-17(24)19(3,4)22(5)12-14-7-9-26-10-8-14/h11,14H,7-10,12-13,20H2,1-6H3,(H,21,23,24). The average molecular weight is 370 g/mol. The number of amides is 2. The Morgan fingerprint density at radius 2 is 1.85 bits per heavy atom. The first kappa shape index (κ1) is 22.6. The highest BCUT2D eigenvalue weighted by Gasteiger charge is 2.34. The predicted molar refractivity (Wildman–Crippen MR) is 101 cm³/mol. The van der Waals surface area contributed by atoms with Crippen molar-refractivity contribution < 1.29 is 19.1 Å². The van der Waals surface area contributed by atoms with Gasteiger partial charge in [-0.25, -0.2) is 0 Å². The van der Waals surface area contributed by atoms with E-state index in [2.05, 4.69) is 5.32 Å². The second-order valence-electron chi connectivity index (χ2n) is 8.23. The summed E-state index contributed by atoms with van der Waals surface area (Å²) in [6.45, 7) is 10.1. The van der Waals surface area contributed by atoms with Gasteiger partial charge in [0.1, 0.15) is 0 Å². The van der Waals surface area contributed by atoms with Gasteiger partial charge in [-0.1, -0.05) is 13.8 Å². The Hall–Kier alpha value is -1.44. The van der Waals surface area contributed by atoms with Crippen LogP contribution in [0.1, 0.15) is 40.5 Å².